The predicted molar refractivity (Wildman–Crippen MR) is 49.9 cm³/mol. The van der Waals surface area contributed by atoms with Crippen LogP contribution < -0.4 is 5.32 Å². The molecule has 0 aliphatic heterocycles. The topological polar surface area (TPSA) is 29.1 Å². The van der Waals surface area contributed by atoms with Crippen molar-refractivity contribution in [2.24, 2.45) is 5.92 Å². The van der Waals surface area contributed by atoms with Crippen molar-refractivity contribution >= 4 is 5.91 Å². The number of amides is 1. The molecule has 0 radical (unpaired) electrons. The van der Waals surface area contributed by atoms with Crippen molar-refractivity contribution in [3.63, 3.8) is 0 Å². The lowest BCUT2D eigenvalue weighted by Gasteiger charge is -2.14. The third kappa shape index (κ3) is 2.50. The van der Waals surface area contributed by atoms with E-state index in [1.165, 1.54) is 25.7 Å². The predicted octanol–water partition coefficient (Wildman–Crippen LogP) is 2.09. The molecular weight excluding hydrogens is 150 g/mol. The number of carbonyl (C=O) groups excluding carboxylic acids is 1. The summed E-state index contributed by atoms with van der Waals surface area (Å²) in [7, 11) is 0. The smallest absolute Gasteiger partial charge is 0.223 e. The van der Waals surface area contributed by atoms with Gasteiger partial charge in [-0.15, -0.1) is 0 Å². The van der Waals surface area contributed by atoms with Gasteiger partial charge in [-0.25, -0.2) is 0 Å². The summed E-state index contributed by atoms with van der Waals surface area (Å²) >= 11 is 0. The molecule has 0 aromatic heterocycles. The molecule has 1 atom stereocenters. The zero-order valence-electron chi connectivity index (χ0n) is 8.10. The molecule has 2 heteroatoms. The first kappa shape index (κ1) is 9.56. The third-order valence-corrected chi connectivity index (χ3v) is 2.76. The number of nitrogens with one attached hydrogen (secondary N) is 1. The highest BCUT2D eigenvalue weighted by Crippen LogP contribution is 2.18. The molecule has 0 aromatic rings. The fourth-order valence-corrected chi connectivity index (χ4v) is 1.60. The Hall–Kier alpha value is -0.530. The monoisotopic (exact) mass is 169 g/mol. The van der Waals surface area contributed by atoms with Gasteiger partial charge in [-0.3, -0.25) is 4.79 Å². The van der Waals surface area contributed by atoms with Gasteiger partial charge in [0.25, 0.3) is 0 Å². The molecule has 2 nitrogen and oxygen atoms in total. The van der Waals surface area contributed by atoms with Crippen molar-refractivity contribution in [2.45, 2.75) is 52.0 Å². The molecular formula is C10H19NO. The van der Waals surface area contributed by atoms with Gasteiger partial charge in [0.2, 0.25) is 5.91 Å². The number of hydrogen-bond acceptors (Lipinski definition) is 1. The van der Waals surface area contributed by atoms with Gasteiger partial charge in [0.05, 0.1) is 0 Å². The number of rotatable bonds is 3. The van der Waals surface area contributed by atoms with Crippen molar-refractivity contribution in [2.75, 3.05) is 0 Å². The molecule has 0 heterocycles. The van der Waals surface area contributed by atoms with E-state index >= 15 is 0 Å². The molecule has 0 aromatic carbocycles. The molecule has 0 bridgehead atoms. The average Bonchev–Trinajstić information content (AvgIpc) is 2.55. The second-order valence-corrected chi connectivity index (χ2v) is 3.80. The van der Waals surface area contributed by atoms with Crippen molar-refractivity contribution in [3.05, 3.63) is 0 Å². The van der Waals surface area contributed by atoms with Crippen LogP contribution in [0.4, 0.5) is 0 Å². The highest BCUT2D eigenvalue weighted by atomic mass is 16.1. The van der Waals surface area contributed by atoms with Gasteiger partial charge in [-0.2, -0.15) is 0 Å². The Morgan fingerprint density at radius 1 is 1.50 bits per heavy atom. The first-order valence-electron chi connectivity index (χ1n) is 5.04. The van der Waals surface area contributed by atoms with E-state index in [1.54, 1.807) is 0 Å². The Morgan fingerprint density at radius 3 is 2.58 bits per heavy atom. The Balaban J connectivity index is 2.25. The second kappa shape index (κ2) is 4.48. The molecule has 1 saturated carbocycles. The van der Waals surface area contributed by atoms with Crippen LogP contribution in [0.5, 0.6) is 0 Å². The van der Waals surface area contributed by atoms with E-state index in [0.29, 0.717) is 6.04 Å². The Bertz CT molecular complexity index is 150. The van der Waals surface area contributed by atoms with Gasteiger partial charge in [0.15, 0.2) is 0 Å². The van der Waals surface area contributed by atoms with Crippen molar-refractivity contribution in [1.29, 1.82) is 0 Å². The Morgan fingerprint density at radius 2 is 2.08 bits per heavy atom. The highest BCUT2D eigenvalue weighted by molar-refractivity contribution is 5.78. The lowest BCUT2D eigenvalue weighted by atomic mass is 10.1. The van der Waals surface area contributed by atoms with Crippen molar-refractivity contribution in [3.8, 4) is 0 Å². The summed E-state index contributed by atoms with van der Waals surface area (Å²) in [4.78, 5) is 11.4. The number of carbonyl (C=O) groups is 1. The lowest BCUT2D eigenvalue weighted by molar-refractivity contribution is -0.125. The maximum atomic E-state index is 11.4. The summed E-state index contributed by atoms with van der Waals surface area (Å²) in [5, 5.41) is 3.09. The molecule has 0 saturated heterocycles. The summed E-state index contributed by atoms with van der Waals surface area (Å²) in [6, 6.07) is 0.478. The van der Waals surface area contributed by atoms with Crippen LogP contribution >= 0.6 is 0 Å². The van der Waals surface area contributed by atoms with E-state index in [1.807, 2.05) is 6.92 Å². The van der Waals surface area contributed by atoms with Crippen LogP contribution in [0.25, 0.3) is 0 Å². The Kier molecular flexibility index (Phi) is 3.57. The molecule has 1 aliphatic rings. The average molecular weight is 169 g/mol. The van der Waals surface area contributed by atoms with Crippen LogP contribution in [-0.4, -0.2) is 11.9 Å². The SMILES string of the molecule is CCC(C)C(=O)NC1CCCC1. The molecule has 1 N–H and O–H groups in total. The van der Waals surface area contributed by atoms with Crippen LogP contribution in [0.15, 0.2) is 0 Å². The molecule has 12 heavy (non-hydrogen) atoms. The van der Waals surface area contributed by atoms with E-state index in [4.69, 9.17) is 0 Å². The minimum absolute atomic E-state index is 0.186. The van der Waals surface area contributed by atoms with Gasteiger partial charge < -0.3 is 5.32 Å². The minimum atomic E-state index is 0.186. The largest absolute Gasteiger partial charge is 0.353 e. The maximum absolute atomic E-state index is 11.4. The maximum Gasteiger partial charge on any atom is 0.223 e. The van der Waals surface area contributed by atoms with Gasteiger partial charge in [0.1, 0.15) is 0 Å². The van der Waals surface area contributed by atoms with Gasteiger partial charge in [0, 0.05) is 12.0 Å². The van der Waals surface area contributed by atoms with Crippen LogP contribution in [0.2, 0.25) is 0 Å². The van der Waals surface area contributed by atoms with E-state index in [2.05, 4.69) is 12.2 Å². The minimum Gasteiger partial charge on any atom is -0.353 e. The molecule has 1 aliphatic carbocycles. The quantitative estimate of drug-likeness (QED) is 0.688. The summed E-state index contributed by atoms with van der Waals surface area (Å²) in [6.45, 7) is 4.04. The molecule has 0 spiro atoms. The number of hydrogen-bond donors (Lipinski definition) is 1. The second-order valence-electron chi connectivity index (χ2n) is 3.80. The van der Waals surface area contributed by atoms with E-state index in [-0.39, 0.29) is 11.8 Å². The Labute approximate surface area is 74.7 Å². The highest BCUT2D eigenvalue weighted by Gasteiger charge is 2.19. The van der Waals surface area contributed by atoms with Gasteiger partial charge in [-0.1, -0.05) is 26.7 Å². The molecule has 70 valence electrons. The van der Waals surface area contributed by atoms with Crippen LogP contribution in [0.3, 0.4) is 0 Å². The lowest BCUT2D eigenvalue weighted by Crippen LogP contribution is -2.36. The molecule has 1 fully saturated rings. The zero-order valence-corrected chi connectivity index (χ0v) is 8.10. The summed E-state index contributed by atoms with van der Waals surface area (Å²) < 4.78 is 0. The summed E-state index contributed by atoms with van der Waals surface area (Å²) in [5.41, 5.74) is 0. The van der Waals surface area contributed by atoms with Crippen molar-refractivity contribution < 1.29 is 4.79 Å². The van der Waals surface area contributed by atoms with E-state index < -0.39 is 0 Å². The van der Waals surface area contributed by atoms with Gasteiger partial charge >= 0.3 is 0 Å². The van der Waals surface area contributed by atoms with Crippen LogP contribution in [0.1, 0.15) is 46.0 Å². The fraction of sp³-hybridized carbons (Fsp3) is 0.900. The molecule has 1 rings (SSSR count). The van der Waals surface area contributed by atoms with E-state index in [0.717, 1.165) is 6.42 Å². The normalized spacial score (nSPS) is 20.8. The van der Waals surface area contributed by atoms with Gasteiger partial charge in [-0.05, 0) is 19.3 Å². The molecule has 1 amide bonds. The molecule has 1 unspecified atom stereocenters. The third-order valence-electron chi connectivity index (χ3n) is 2.76. The van der Waals surface area contributed by atoms with E-state index in [9.17, 15) is 4.79 Å². The first-order chi connectivity index (χ1) is 5.74. The summed E-state index contributed by atoms with van der Waals surface area (Å²) in [6.07, 6.45) is 5.87. The summed E-state index contributed by atoms with van der Waals surface area (Å²) in [5.74, 6) is 0.426. The standard InChI is InChI=1S/C10H19NO/c1-3-8(2)10(12)11-9-6-4-5-7-9/h8-9H,3-7H2,1-2H3,(H,11,12). The zero-order chi connectivity index (χ0) is 8.97. The first-order valence-corrected chi connectivity index (χ1v) is 5.04. The van der Waals surface area contributed by atoms with Crippen molar-refractivity contribution in [1.82, 2.24) is 5.32 Å². The van der Waals surface area contributed by atoms with Crippen LogP contribution in [-0.2, 0) is 4.79 Å². The fourth-order valence-electron chi connectivity index (χ4n) is 1.60. The van der Waals surface area contributed by atoms with Crippen LogP contribution in [0, 0.1) is 5.92 Å².